The number of phenols is 1. The minimum atomic E-state index is -4.53. The molecule has 4 nitrogen and oxygen atoms in total. The number of para-hydroxylation sites is 1. The van der Waals surface area contributed by atoms with Crippen LogP contribution < -0.4 is 0 Å². The predicted octanol–water partition coefficient (Wildman–Crippen LogP) is 4.56. The van der Waals surface area contributed by atoms with Crippen molar-refractivity contribution in [2.45, 2.75) is 6.18 Å². The van der Waals surface area contributed by atoms with Crippen LogP contribution in [0.25, 0.3) is 0 Å². The number of benzene rings is 2. The second-order valence-electron chi connectivity index (χ2n) is 4.11. The Hall–Kier alpha value is -2.70. The number of nitroso groups, excluding NO2 is 1. The van der Waals surface area contributed by atoms with E-state index in [2.05, 4.69) is 10.2 Å². The van der Waals surface area contributed by atoms with E-state index in [1.54, 1.807) is 0 Å². The van der Waals surface area contributed by atoms with Gasteiger partial charge in [0.2, 0.25) is 0 Å². The van der Waals surface area contributed by atoms with Gasteiger partial charge in [-0.15, -0.1) is 4.91 Å². The monoisotopic (exact) mass is 294 g/mol. The lowest BCUT2D eigenvalue weighted by molar-refractivity contribution is -0.137. The quantitative estimate of drug-likeness (QED) is 0.666. The Balaban J connectivity index is 2.41. The summed E-state index contributed by atoms with van der Waals surface area (Å²) in [5.41, 5.74) is -1.03. The van der Waals surface area contributed by atoms with Crippen molar-refractivity contribution >= 4 is 17.6 Å². The molecular formula is C14H9F3N2O2. The fraction of sp³-hybridized carbons (Fsp3) is 0.0714. The van der Waals surface area contributed by atoms with Gasteiger partial charge in [0.1, 0.15) is 11.4 Å². The number of aliphatic imine (C=N–C) groups is 1. The topological polar surface area (TPSA) is 62.0 Å². The minimum Gasteiger partial charge on any atom is -0.507 e. The van der Waals surface area contributed by atoms with Crippen LogP contribution in [0.15, 0.2) is 52.6 Å². The first-order valence-electron chi connectivity index (χ1n) is 5.78. The van der Waals surface area contributed by atoms with E-state index in [-0.39, 0.29) is 22.7 Å². The molecule has 0 heterocycles. The summed E-state index contributed by atoms with van der Waals surface area (Å²) in [6.07, 6.45) is -3.48. The van der Waals surface area contributed by atoms with Crippen LogP contribution in [-0.2, 0) is 6.18 Å². The lowest BCUT2D eigenvalue weighted by Crippen LogP contribution is -2.04. The first-order chi connectivity index (χ1) is 9.91. The van der Waals surface area contributed by atoms with Gasteiger partial charge in [0.15, 0.2) is 0 Å². The fourth-order valence-electron chi connectivity index (χ4n) is 1.67. The van der Waals surface area contributed by atoms with Gasteiger partial charge in [-0.3, -0.25) is 4.99 Å². The lowest BCUT2D eigenvalue weighted by Gasteiger charge is -2.09. The highest BCUT2D eigenvalue weighted by Crippen LogP contribution is 2.36. The van der Waals surface area contributed by atoms with E-state index in [0.29, 0.717) is 0 Å². The van der Waals surface area contributed by atoms with Crippen LogP contribution in [0.5, 0.6) is 5.75 Å². The van der Waals surface area contributed by atoms with Crippen molar-refractivity contribution in [1.29, 1.82) is 0 Å². The second kappa shape index (κ2) is 5.74. The largest absolute Gasteiger partial charge is 0.507 e. The van der Waals surface area contributed by atoms with Crippen LogP contribution in [0.3, 0.4) is 0 Å². The molecule has 0 amide bonds. The summed E-state index contributed by atoms with van der Waals surface area (Å²) in [6, 6.07) is 8.52. The molecule has 7 heteroatoms. The Morgan fingerprint density at radius 1 is 1.10 bits per heavy atom. The molecule has 0 saturated heterocycles. The van der Waals surface area contributed by atoms with Gasteiger partial charge >= 0.3 is 6.18 Å². The molecule has 0 fully saturated rings. The Labute approximate surface area is 117 Å². The molecule has 21 heavy (non-hydrogen) atoms. The number of hydrogen-bond donors (Lipinski definition) is 1. The number of aromatic hydroxyl groups is 1. The van der Waals surface area contributed by atoms with Gasteiger partial charge in [-0.2, -0.15) is 13.2 Å². The third-order valence-corrected chi connectivity index (χ3v) is 2.67. The van der Waals surface area contributed by atoms with Crippen molar-refractivity contribution < 1.29 is 18.3 Å². The van der Waals surface area contributed by atoms with Gasteiger partial charge in [-0.25, -0.2) is 0 Å². The maximum atomic E-state index is 12.8. The van der Waals surface area contributed by atoms with Gasteiger partial charge in [0.25, 0.3) is 0 Å². The number of nitrogens with zero attached hydrogens (tertiary/aromatic N) is 2. The van der Waals surface area contributed by atoms with Crippen LogP contribution >= 0.6 is 0 Å². The van der Waals surface area contributed by atoms with Crippen molar-refractivity contribution in [3.05, 3.63) is 58.5 Å². The van der Waals surface area contributed by atoms with Crippen molar-refractivity contribution in [2.24, 2.45) is 10.2 Å². The molecule has 0 aliphatic heterocycles. The van der Waals surface area contributed by atoms with Crippen molar-refractivity contribution in [1.82, 2.24) is 0 Å². The Kier molecular flexibility index (Phi) is 4.02. The first kappa shape index (κ1) is 14.7. The molecule has 2 rings (SSSR count). The van der Waals surface area contributed by atoms with Crippen LogP contribution in [-0.4, -0.2) is 11.3 Å². The Bertz CT molecular complexity index is 697. The van der Waals surface area contributed by atoms with Crippen LogP contribution in [0.2, 0.25) is 0 Å². The third kappa shape index (κ3) is 3.44. The molecule has 2 aromatic rings. The van der Waals surface area contributed by atoms with E-state index < -0.39 is 11.7 Å². The van der Waals surface area contributed by atoms with Gasteiger partial charge in [0, 0.05) is 11.8 Å². The molecule has 2 aromatic carbocycles. The molecule has 0 atom stereocenters. The molecule has 0 bridgehead atoms. The molecule has 0 radical (unpaired) electrons. The summed E-state index contributed by atoms with van der Waals surface area (Å²) in [4.78, 5) is 14.1. The Morgan fingerprint density at radius 3 is 2.48 bits per heavy atom. The summed E-state index contributed by atoms with van der Waals surface area (Å²) in [5, 5.41) is 12.3. The average Bonchev–Trinajstić information content (AvgIpc) is 2.46. The maximum Gasteiger partial charge on any atom is 0.418 e. The third-order valence-electron chi connectivity index (χ3n) is 2.67. The zero-order valence-corrected chi connectivity index (χ0v) is 10.5. The number of rotatable bonds is 3. The minimum absolute atomic E-state index is 0.0401. The molecular weight excluding hydrogens is 285 g/mol. The van der Waals surface area contributed by atoms with E-state index in [0.717, 1.165) is 12.3 Å². The van der Waals surface area contributed by atoms with Crippen molar-refractivity contribution in [3.8, 4) is 5.75 Å². The summed E-state index contributed by atoms with van der Waals surface area (Å²) in [7, 11) is 0. The number of halogens is 3. The molecule has 0 unspecified atom stereocenters. The molecule has 0 aromatic heterocycles. The average molecular weight is 294 g/mol. The lowest BCUT2D eigenvalue weighted by atomic mass is 10.1. The first-order valence-corrected chi connectivity index (χ1v) is 5.78. The maximum absolute atomic E-state index is 12.8. The molecule has 108 valence electrons. The SMILES string of the molecule is O=Nc1ccc(O)c(C=Nc2ccccc2C(F)(F)F)c1. The van der Waals surface area contributed by atoms with Gasteiger partial charge in [-0.05, 0) is 35.5 Å². The van der Waals surface area contributed by atoms with E-state index in [9.17, 15) is 23.2 Å². The zero-order valence-electron chi connectivity index (χ0n) is 10.5. The predicted molar refractivity (Wildman–Crippen MR) is 72.3 cm³/mol. The highest BCUT2D eigenvalue weighted by atomic mass is 19.4. The summed E-state index contributed by atoms with van der Waals surface area (Å²) >= 11 is 0. The normalized spacial score (nSPS) is 11.8. The van der Waals surface area contributed by atoms with E-state index in [1.807, 2.05) is 0 Å². The Morgan fingerprint density at radius 2 is 1.81 bits per heavy atom. The van der Waals surface area contributed by atoms with Gasteiger partial charge in [0.05, 0.1) is 11.3 Å². The second-order valence-corrected chi connectivity index (χ2v) is 4.11. The van der Waals surface area contributed by atoms with Gasteiger partial charge in [-0.1, -0.05) is 12.1 Å². The van der Waals surface area contributed by atoms with E-state index >= 15 is 0 Å². The summed E-state index contributed by atoms with van der Waals surface area (Å²) in [5.74, 6) is -0.212. The van der Waals surface area contributed by atoms with E-state index in [1.165, 1.54) is 36.4 Å². The van der Waals surface area contributed by atoms with Crippen molar-refractivity contribution in [3.63, 3.8) is 0 Å². The number of hydrogen-bond acceptors (Lipinski definition) is 4. The summed E-state index contributed by atoms with van der Waals surface area (Å²) < 4.78 is 38.4. The fourth-order valence-corrected chi connectivity index (χ4v) is 1.67. The van der Waals surface area contributed by atoms with Crippen LogP contribution in [0.4, 0.5) is 24.5 Å². The number of alkyl halides is 3. The molecule has 0 aliphatic carbocycles. The number of phenolic OH excluding ortho intramolecular Hbond substituents is 1. The highest BCUT2D eigenvalue weighted by Gasteiger charge is 2.32. The van der Waals surface area contributed by atoms with Gasteiger partial charge < -0.3 is 5.11 Å². The van der Waals surface area contributed by atoms with Crippen LogP contribution in [0.1, 0.15) is 11.1 Å². The molecule has 1 N–H and O–H groups in total. The van der Waals surface area contributed by atoms with Crippen molar-refractivity contribution in [2.75, 3.05) is 0 Å². The molecule has 0 spiro atoms. The zero-order chi connectivity index (χ0) is 15.5. The van der Waals surface area contributed by atoms with E-state index in [4.69, 9.17) is 0 Å². The van der Waals surface area contributed by atoms with Crippen LogP contribution in [0, 0.1) is 4.91 Å². The molecule has 0 saturated carbocycles. The molecule has 0 aliphatic rings. The summed E-state index contributed by atoms with van der Waals surface area (Å²) in [6.45, 7) is 0. The smallest absolute Gasteiger partial charge is 0.418 e. The standard InChI is InChI=1S/C14H9F3N2O2/c15-14(16,17)11-3-1-2-4-12(11)18-8-9-7-10(19-21)5-6-13(9)20/h1-8,20H. The highest BCUT2D eigenvalue weighted by molar-refractivity contribution is 5.86.